The Kier molecular flexibility index (Phi) is 7.22. The molecule has 174 valence electrons. The maximum absolute atomic E-state index is 13.3. The second-order valence-corrected chi connectivity index (χ2v) is 8.16. The molecule has 0 radical (unpaired) electrons. The van der Waals surface area contributed by atoms with Gasteiger partial charge in [0, 0.05) is 30.0 Å². The van der Waals surface area contributed by atoms with Crippen molar-refractivity contribution >= 4 is 29.2 Å². The lowest BCUT2D eigenvalue weighted by Crippen LogP contribution is -2.42. The van der Waals surface area contributed by atoms with Crippen molar-refractivity contribution in [3.8, 4) is 0 Å². The number of carbonyl (C=O) groups excluding carboxylic acids is 3. The number of methoxy groups -OCH3 is 1. The van der Waals surface area contributed by atoms with Gasteiger partial charge in [-0.15, -0.1) is 0 Å². The number of fused-ring (bicyclic) bond motifs is 1. The highest BCUT2D eigenvalue weighted by Gasteiger charge is 2.31. The van der Waals surface area contributed by atoms with E-state index >= 15 is 0 Å². The van der Waals surface area contributed by atoms with Crippen molar-refractivity contribution in [2.24, 2.45) is 0 Å². The van der Waals surface area contributed by atoms with Gasteiger partial charge in [0.2, 0.25) is 5.91 Å². The third-order valence-electron chi connectivity index (χ3n) is 5.82. The van der Waals surface area contributed by atoms with E-state index in [1.165, 1.54) is 7.11 Å². The maximum atomic E-state index is 13.3. The monoisotopic (exact) mass is 457 g/mol. The molecule has 2 N–H and O–H groups in total. The standard InChI is InChI=1S/C27H27N3O4/c1-34-25(31)17-24-27(33)30(15-14-19-8-4-2-5-9-19)18-21-13-12-20(16-23(21)29-24)26(32)28-22-10-6-3-7-11-22/h2-13,16,24,29H,14-15,17-18H2,1H3,(H,28,32)/t24-/m1/s1. The second kappa shape index (κ2) is 10.7. The molecule has 0 aliphatic carbocycles. The molecule has 3 aromatic rings. The van der Waals surface area contributed by atoms with E-state index < -0.39 is 12.0 Å². The van der Waals surface area contributed by atoms with Crippen LogP contribution in [0.3, 0.4) is 0 Å². The fourth-order valence-corrected chi connectivity index (χ4v) is 3.95. The van der Waals surface area contributed by atoms with Crippen LogP contribution in [0.4, 0.5) is 11.4 Å². The van der Waals surface area contributed by atoms with Crippen molar-refractivity contribution < 1.29 is 19.1 Å². The Hall–Kier alpha value is -4.13. The first-order valence-corrected chi connectivity index (χ1v) is 11.2. The number of rotatable bonds is 7. The molecule has 1 atom stereocenters. The summed E-state index contributed by atoms with van der Waals surface area (Å²) in [6, 6.07) is 23.7. The Morgan fingerprint density at radius 1 is 1.03 bits per heavy atom. The number of anilines is 2. The fourth-order valence-electron chi connectivity index (χ4n) is 3.95. The van der Waals surface area contributed by atoms with E-state index in [2.05, 4.69) is 10.6 Å². The molecule has 0 spiro atoms. The number of hydrogen-bond acceptors (Lipinski definition) is 5. The third kappa shape index (κ3) is 5.61. The van der Waals surface area contributed by atoms with E-state index in [1.807, 2.05) is 66.7 Å². The summed E-state index contributed by atoms with van der Waals surface area (Å²) in [5.74, 6) is -0.903. The summed E-state index contributed by atoms with van der Waals surface area (Å²) in [6.07, 6.45) is 0.599. The van der Waals surface area contributed by atoms with Crippen molar-refractivity contribution in [2.45, 2.75) is 25.4 Å². The van der Waals surface area contributed by atoms with E-state index in [4.69, 9.17) is 4.74 Å². The van der Waals surface area contributed by atoms with E-state index in [0.717, 1.165) is 11.1 Å². The van der Waals surface area contributed by atoms with Gasteiger partial charge in [-0.05, 0) is 41.8 Å². The van der Waals surface area contributed by atoms with Crippen LogP contribution in [0.5, 0.6) is 0 Å². The molecule has 7 heteroatoms. The largest absolute Gasteiger partial charge is 0.469 e. The van der Waals surface area contributed by atoms with Gasteiger partial charge in [0.25, 0.3) is 5.91 Å². The van der Waals surface area contributed by atoms with Gasteiger partial charge < -0.3 is 20.3 Å². The van der Waals surface area contributed by atoms with Crippen molar-refractivity contribution in [3.05, 3.63) is 95.6 Å². The van der Waals surface area contributed by atoms with Gasteiger partial charge in [-0.3, -0.25) is 14.4 Å². The number of esters is 1. The maximum Gasteiger partial charge on any atom is 0.308 e. The van der Waals surface area contributed by atoms with Gasteiger partial charge in [0.1, 0.15) is 6.04 Å². The average molecular weight is 458 g/mol. The highest BCUT2D eigenvalue weighted by Crippen LogP contribution is 2.26. The van der Waals surface area contributed by atoms with Gasteiger partial charge in [-0.1, -0.05) is 54.6 Å². The number of para-hydroxylation sites is 1. The SMILES string of the molecule is COC(=O)C[C@H]1Nc2cc(C(=O)Nc3ccccc3)ccc2CN(CCc2ccccc2)C1=O. The zero-order chi connectivity index (χ0) is 23.9. The minimum absolute atomic E-state index is 0.100. The van der Waals surface area contributed by atoms with Gasteiger partial charge in [0.05, 0.1) is 13.5 Å². The Morgan fingerprint density at radius 2 is 1.74 bits per heavy atom. The summed E-state index contributed by atoms with van der Waals surface area (Å²) in [6.45, 7) is 0.893. The molecular formula is C27H27N3O4. The molecule has 0 fully saturated rings. The number of benzene rings is 3. The van der Waals surface area contributed by atoms with Crippen molar-refractivity contribution in [2.75, 3.05) is 24.3 Å². The van der Waals surface area contributed by atoms with Gasteiger partial charge in [-0.2, -0.15) is 0 Å². The van der Waals surface area contributed by atoms with Crippen LogP contribution in [0, 0.1) is 0 Å². The second-order valence-electron chi connectivity index (χ2n) is 8.16. The molecule has 0 saturated carbocycles. The summed E-state index contributed by atoms with van der Waals surface area (Å²) >= 11 is 0. The molecule has 4 rings (SSSR count). The molecular weight excluding hydrogens is 430 g/mol. The molecule has 1 aliphatic rings. The molecule has 2 amide bonds. The van der Waals surface area contributed by atoms with E-state index in [1.54, 1.807) is 17.0 Å². The van der Waals surface area contributed by atoms with E-state index in [0.29, 0.717) is 36.4 Å². The Bertz CT molecular complexity index is 1170. The quantitative estimate of drug-likeness (QED) is 0.526. The minimum Gasteiger partial charge on any atom is -0.469 e. The van der Waals surface area contributed by atoms with Gasteiger partial charge in [0.15, 0.2) is 0 Å². The smallest absolute Gasteiger partial charge is 0.308 e. The van der Waals surface area contributed by atoms with Crippen LogP contribution < -0.4 is 10.6 Å². The summed E-state index contributed by atoms with van der Waals surface area (Å²) in [7, 11) is 1.30. The lowest BCUT2D eigenvalue weighted by Gasteiger charge is -2.24. The van der Waals surface area contributed by atoms with E-state index in [9.17, 15) is 14.4 Å². The molecule has 0 aromatic heterocycles. The van der Waals surface area contributed by atoms with Crippen LogP contribution in [0.2, 0.25) is 0 Å². The van der Waals surface area contributed by atoms with Crippen LogP contribution in [-0.2, 0) is 27.3 Å². The molecule has 3 aromatic carbocycles. The van der Waals surface area contributed by atoms with Crippen LogP contribution in [0.25, 0.3) is 0 Å². The number of nitrogens with one attached hydrogen (secondary N) is 2. The normalized spacial score (nSPS) is 15.0. The molecule has 1 heterocycles. The topological polar surface area (TPSA) is 87.7 Å². The Balaban J connectivity index is 1.57. The minimum atomic E-state index is -0.781. The molecule has 0 unspecified atom stereocenters. The fraction of sp³-hybridized carbons (Fsp3) is 0.222. The van der Waals surface area contributed by atoms with E-state index in [-0.39, 0.29) is 18.2 Å². The highest BCUT2D eigenvalue weighted by molar-refractivity contribution is 6.05. The van der Waals surface area contributed by atoms with Crippen molar-refractivity contribution in [3.63, 3.8) is 0 Å². The van der Waals surface area contributed by atoms with Crippen LogP contribution in [-0.4, -0.2) is 42.4 Å². The zero-order valence-corrected chi connectivity index (χ0v) is 19.0. The van der Waals surface area contributed by atoms with Gasteiger partial charge in [-0.25, -0.2) is 0 Å². The van der Waals surface area contributed by atoms with Crippen molar-refractivity contribution in [1.82, 2.24) is 4.90 Å². The summed E-state index contributed by atoms with van der Waals surface area (Å²) in [4.78, 5) is 39.9. The number of hydrogen-bond donors (Lipinski definition) is 2. The summed E-state index contributed by atoms with van der Waals surface area (Å²) in [5.41, 5.74) is 3.82. The number of ether oxygens (including phenoxy) is 1. The number of amides is 2. The predicted octanol–water partition coefficient (Wildman–Crippen LogP) is 3.87. The first-order chi connectivity index (χ1) is 16.5. The average Bonchev–Trinajstić information content (AvgIpc) is 2.99. The lowest BCUT2D eigenvalue weighted by molar-refractivity contribution is -0.144. The third-order valence-corrected chi connectivity index (χ3v) is 5.82. The van der Waals surface area contributed by atoms with Crippen LogP contribution in [0.1, 0.15) is 27.9 Å². The molecule has 34 heavy (non-hydrogen) atoms. The first kappa shape index (κ1) is 23.0. The summed E-state index contributed by atoms with van der Waals surface area (Å²) < 4.78 is 4.81. The molecule has 0 bridgehead atoms. The van der Waals surface area contributed by atoms with Gasteiger partial charge >= 0.3 is 5.97 Å². The molecule has 7 nitrogen and oxygen atoms in total. The number of nitrogens with zero attached hydrogens (tertiary/aromatic N) is 1. The molecule has 0 saturated heterocycles. The summed E-state index contributed by atoms with van der Waals surface area (Å²) in [5, 5.41) is 6.06. The first-order valence-electron chi connectivity index (χ1n) is 11.2. The van der Waals surface area contributed by atoms with Crippen LogP contribution in [0.15, 0.2) is 78.9 Å². The van der Waals surface area contributed by atoms with Crippen molar-refractivity contribution in [1.29, 1.82) is 0 Å². The predicted molar refractivity (Wildman–Crippen MR) is 130 cm³/mol. The molecule has 1 aliphatic heterocycles. The zero-order valence-electron chi connectivity index (χ0n) is 19.0. The number of carbonyl (C=O) groups is 3. The van der Waals surface area contributed by atoms with Crippen LogP contribution >= 0.6 is 0 Å². The Morgan fingerprint density at radius 3 is 2.44 bits per heavy atom. The highest BCUT2D eigenvalue weighted by atomic mass is 16.5. The Labute approximate surface area is 198 Å². The lowest BCUT2D eigenvalue weighted by atomic mass is 10.1.